The van der Waals surface area contributed by atoms with E-state index in [0.717, 1.165) is 11.1 Å². The number of hydrogen-bond acceptors (Lipinski definition) is 6. The molecule has 0 fully saturated rings. The van der Waals surface area contributed by atoms with Crippen molar-refractivity contribution < 1.29 is 33.8 Å². The summed E-state index contributed by atoms with van der Waals surface area (Å²) < 4.78 is 11.0. The van der Waals surface area contributed by atoms with Gasteiger partial charge < -0.3 is 19.4 Å². The molecule has 0 unspecified atom stereocenters. The molecule has 39 heavy (non-hydrogen) atoms. The van der Waals surface area contributed by atoms with Crippen molar-refractivity contribution in [2.24, 2.45) is 0 Å². The van der Waals surface area contributed by atoms with Gasteiger partial charge in [-0.3, -0.25) is 9.69 Å². The van der Waals surface area contributed by atoms with Crippen molar-refractivity contribution >= 4 is 35.3 Å². The van der Waals surface area contributed by atoms with Crippen molar-refractivity contribution in [3.8, 4) is 17.1 Å². The van der Waals surface area contributed by atoms with Gasteiger partial charge in [0.1, 0.15) is 22.8 Å². The van der Waals surface area contributed by atoms with Crippen LogP contribution in [0.1, 0.15) is 39.0 Å². The lowest BCUT2D eigenvalue weighted by atomic mass is 10.1. The van der Waals surface area contributed by atoms with Gasteiger partial charge in [-0.1, -0.05) is 42.5 Å². The fourth-order valence-corrected chi connectivity index (χ4v) is 4.25. The van der Waals surface area contributed by atoms with E-state index in [4.69, 9.17) is 9.15 Å². The highest BCUT2D eigenvalue weighted by Crippen LogP contribution is 2.37. The summed E-state index contributed by atoms with van der Waals surface area (Å²) in [7, 11) is 0. The predicted molar refractivity (Wildman–Crippen MR) is 145 cm³/mol. The zero-order valence-corrected chi connectivity index (χ0v) is 20.8. The van der Waals surface area contributed by atoms with Crippen LogP contribution in [0, 0.1) is 0 Å². The highest BCUT2D eigenvalue weighted by Gasteiger charge is 2.31. The van der Waals surface area contributed by atoms with Crippen LogP contribution in [0.15, 0.2) is 101 Å². The largest absolute Gasteiger partial charge is 0.507 e. The van der Waals surface area contributed by atoms with Gasteiger partial charge in [0.2, 0.25) is 0 Å². The van der Waals surface area contributed by atoms with Crippen LogP contribution >= 0.6 is 0 Å². The molecule has 0 saturated carbocycles. The summed E-state index contributed by atoms with van der Waals surface area (Å²) in [4.78, 5) is 38.5. The third kappa shape index (κ3) is 5.08. The zero-order chi connectivity index (χ0) is 27.5. The van der Waals surface area contributed by atoms with Crippen LogP contribution in [0.3, 0.4) is 0 Å². The SMILES string of the molecule is CCOC(=O)c1ccc(-c2ccc(C=C3C=C(c4ccccc4)N(c4ccc(O)c(C(=O)O)c4)C3=O)o2)cc1. The highest BCUT2D eigenvalue weighted by molar-refractivity contribution is 6.23. The number of furan rings is 1. The van der Waals surface area contributed by atoms with Crippen LogP contribution in [-0.4, -0.2) is 34.7 Å². The first-order valence-corrected chi connectivity index (χ1v) is 12.1. The third-order valence-corrected chi connectivity index (χ3v) is 6.13. The third-order valence-electron chi connectivity index (χ3n) is 6.13. The fourth-order valence-electron chi connectivity index (χ4n) is 4.25. The number of amides is 1. The number of esters is 1. The van der Waals surface area contributed by atoms with Crippen molar-refractivity contribution in [3.05, 3.63) is 119 Å². The van der Waals surface area contributed by atoms with E-state index in [-0.39, 0.29) is 11.5 Å². The number of aromatic carboxylic acids is 1. The van der Waals surface area contributed by atoms with Crippen molar-refractivity contribution in [3.63, 3.8) is 0 Å². The Balaban J connectivity index is 1.49. The van der Waals surface area contributed by atoms with Gasteiger partial charge in [-0.25, -0.2) is 9.59 Å². The average molecular weight is 522 g/mol. The number of rotatable bonds is 7. The molecular weight excluding hydrogens is 498 g/mol. The standard InChI is InChI=1S/C31H23NO7/c1-2-38-31(37)21-10-8-20(9-11-21)28-15-13-24(39-28)16-22-17-26(19-6-4-3-5-7-19)32(29(22)34)23-12-14-27(33)25(18-23)30(35)36/h3-18,33H,2H2,1H3,(H,35,36). The minimum absolute atomic E-state index is 0.293. The van der Waals surface area contributed by atoms with Crippen molar-refractivity contribution in [2.45, 2.75) is 6.92 Å². The number of aromatic hydroxyl groups is 1. The second kappa shape index (κ2) is 10.5. The van der Waals surface area contributed by atoms with Crippen LogP contribution in [0.25, 0.3) is 23.1 Å². The van der Waals surface area contributed by atoms with Crippen LogP contribution < -0.4 is 4.90 Å². The summed E-state index contributed by atoms with van der Waals surface area (Å²) in [6.45, 7) is 2.04. The van der Waals surface area contributed by atoms with Gasteiger partial charge in [-0.05, 0) is 67.1 Å². The number of anilines is 1. The van der Waals surface area contributed by atoms with Crippen molar-refractivity contribution in [1.29, 1.82) is 0 Å². The summed E-state index contributed by atoms with van der Waals surface area (Å²) in [6, 6.07) is 23.6. The second-order valence-electron chi connectivity index (χ2n) is 8.64. The Kier molecular flexibility index (Phi) is 6.84. The molecule has 1 amide bonds. The fraction of sp³-hybridized carbons (Fsp3) is 0.0645. The molecule has 0 aliphatic carbocycles. The lowest BCUT2D eigenvalue weighted by molar-refractivity contribution is -0.113. The molecule has 0 saturated heterocycles. The number of carboxylic acid groups (broad SMARTS) is 1. The molecule has 0 bridgehead atoms. The van der Waals surface area contributed by atoms with E-state index in [1.807, 2.05) is 30.3 Å². The van der Waals surface area contributed by atoms with Crippen molar-refractivity contribution in [1.82, 2.24) is 0 Å². The normalized spacial score (nSPS) is 14.0. The Labute approximate surface area is 223 Å². The molecule has 0 atom stereocenters. The zero-order valence-electron chi connectivity index (χ0n) is 20.8. The molecule has 8 heteroatoms. The van der Waals surface area contributed by atoms with E-state index in [1.165, 1.54) is 23.1 Å². The summed E-state index contributed by atoms with van der Waals surface area (Å²) >= 11 is 0. The predicted octanol–water partition coefficient (Wildman–Crippen LogP) is 6.00. The van der Waals surface area contributed by atoms with Crippen LogP contribution in [0.4, 0.5) is 5.69 Å². The molecule has 1 aliphatic heterocycles. The summed E-state index contributed by atoms with van der Waals surface area (Å²) in [5.74, 6) is -1.49. The van der Waals surface area contributed by atoms with E-state index in [9.17, 15) is 24.6 Å². The molecule has 8 nitrogen and oxygen atoms in total. The Bertz CT molecular complexity index is 1630. The van der Waals surface area contributed by atoms with Gasteiger partial charge in [0.15, 0.2) is 0 Å². The molecular formula is C31H23NO7. The Morgan fingerprint density at radius 3 is 2.38 bits per heavy atom. The lowest BCUT2D eigenvalue weighted by Crippen LogP contribution is -2.25. The number of carbonyl (C=O) groups excluding carboxylic acids is 2. The maximum Gasteiger partial charge on any atom is 0.339 e. The molecule has 3 aromatic carbocycles. The van der Waals surface area contributed by atoms with Crippen molar-refractivity contribution in [2.75, 3.05) is 11.5 Å². The number of ether oxygens (including phenoxy) is 1. The van der Waals surface area contributed by atoms with Gasteiger partial charge in [-0.2, -0.15) is 0 Å². The number of phenols is 1. The highest BCUT2D eigenvalue weighted by atomic mass is 16.5. The van der Waals surface area contributed by atoms with Crippen LogP contribution in [0.5, 0.6) is 5.75 Å². The quantitative estimate of drug-likeness (QED) is 0.226. The van der Waals surface area contributed by atoms with E-state index in [2.05, 4.69) is 0 Å². The molecule has 0 spiro atoms. The molecule has 0 radical (unpaired) electrons. The maximum absolute atomic E-state index is 13.6. The number of nitrogens with zero attached hydrogens (tertiary/aromatic N) is 1. The minimum atomic E-state index is -1.31. The molecule has 1 aliphatic rings. The Hall–Kier alpha value is -5.37. The molecule has 1 aromatic heterocycles. The first kappa shape index (κ1) is 25.3. The summed E-state index contributed by atoms with van der Waals surface area (Å²) in [6.07, 6.45) is 3.32. The van der Waals surface area contributed by atoms with Gasteiger partial charge >= 0.3 is 11.9 Å². The molecule has 5 rings (SSSR count). The Morgan fingerprint density at radius 2 is 1.69 bits per heavy atom. The number of carboxylic acids is 1. The van der Waals surface area contributed by atoms with E-state index in [0.29, 0.717) is 40.6 Å². The maximum atomic E-state index is 13.6. The van der Waals surface area contributed by atoms with Crippen LogP contribution in [0.2, 0.25) is 0 Å². The lowest BCUT2D eigenvalue weighted by Gasteiger charge is -2.21. The van der Waals surface area contributed by atoms with Crippen LogP contribution in [-0.2, 0) is 9.53 Å². The molecule has 2 N–H and O–H groups in total. The Morgan fingerprint density at radius 1 is 0.949 bits per heavy atom. The van der Waals surface area contributed by atoms with Gasteiger partial charge in [0.05, 0.1) is 23.6 Å². The second-order valence-corrected chi connectivity index (χ2v) is 8.64. The van der Waals surface area contributed by atoms with E-state index >= 15 is 0 Å². The summed E-state index contributed by atoms with van der Waals surface area (Å²) in [5.41, 5.74) is 2.81. The van der Waals surface area contributed by atoms with E-state index in [1.54, 1.807) is 55.5 Å². The van der Waals surface area contributed by atoms with Gasteiger partial charge in [0.25, 0.3) is 5.91 Å². The smallest absolute Gasteiger partial charge is 0.339 e. The van der Waals surface area contributed by atoms with E-state index < -0.39 is 17.7 Å². The average Bonchev–Trinajstić information content (AvgIpc) is 3.54. The monoisotopic (exact) mass is 521 g/mol. The number of carbonyl (C=O) groups is 3. The first-order valence-electron chi connectivity index (χ1n) is 12.1. The number of benzene rings is 3. The minimum Gasteiger partial charge on any atom is -0.507 e. The molecule has 4 aromatic rings. The summed E-state index contributed by atoms with van der Waals surface area (Å²) in [5, 5.41) is 19.4. The topological polar surface area (TPSA) is 117 Å². The van der Waals surface area contributed by atoms with Gasteiger partial charge in [-0.15, -0.1) is 0 Å². The molecule has 194 valence electrons. The molecule has 2 heterocycles. The first-order chi connectivity index (χ1) is 18.9. The van der Waals surface area contributed by atoms with Gasteiger partial charge in [0, 0.05) is 11.1 Å². The number of hydrogen-bond donors (Lipinski definition) is 2.